The Morgan fingerprint density at radius 2 is 2.12 bits per heavy atom. The molecular formula is C20H27FN2O2. The molecule has 1 atom stereocenters. The average molecular weight is 346 g/mol. The summed E-state index contributed by atoms with van der Waals surface area (Å²) in [5.41, 5.74) is 0.895. The Labute approximate surface area is 148 Å². The van der Waals surface area contributed by atoms with E-state index in [0.29, 0.717) is 36.2 Å². The number of rotatable bonds is 4. The first kappa shape index (κ1) is 16.8. The standard InChI is InChI=1S/C20H27FN2O2/c1-25-17-5-6-18(21)15(11-17)12-22-10-2-8-20(13-22)9-7-19(24)23(14-20)16-3-4-16/h5-6,11,16H,2-4,7-10,12-14H2,1H3/t20-/m1/s1. The van der Waals surface area contributed by atoms with Crippen LogP contribution in [-0.4, -0.2) is 48.5 Å². The van der Waals surface area contributed by atoms with Gasteiger partial charge in [0.05, 0.1) is 7.11 Å². The predicted octanol–water partition coefficient (Wildman–Crippen LogP) is 3.20. The van der Waals surface area contributed by atoms with Gasteiger partial charge in [0, 0.05) is 43.1 Å². The molecule has 3 fully saturated rings. The quantitative estimate of drug-likeness (QED) is 0.839. The Kier molecular flexibility index (Phi) is 4.44. The third-order valence-electron chi connectivity index (χ3n) is 6.07. The highest BCUT2D eigenvalue weighted by molar-refractivity contribution is 5.78. The van der Waals surface area contributed by atoms with Crippen LogP contribution in [-0.2, 0) is 11.3 Å². The smallest absolute Gasteiger partial charge is 0.222 e. The molecule has 0 radical (unpaired) electrons. The molecular weight excluding hydrogens is 319 g/mol. The van der Waals surface area contributed by atoms with Gasteiger partial charge in [-0.05, 0) is 56.8 Å². The number of hydrogen-bond donors (Lipinski definition) is 0. The molecule has 2 saturated heterocycles. The molecule has 25 heavy (non-hydrogen) atoms. The van der Waals surface area contributed by atoms with Crippen molar-refractivity contribution in [2.75, 3.05) is 26.7 Å². The van der Waals surface area contributed by atoms with E-state index >= 15 is 0 Å². The van der Waals surface area contributed by atoms with Gasteiger partial charge in [-0.25, -0.2) is 4.39 Å². The van der Waals surface area contributed by atoms with Gasteiger partial charge in [-0.15, -0.1) is 0 Å². The van der Waals surface area contributed by atoms with Gasteiger partial charge in [0.15, 0.2) is 0 Å². The SMILES string of the molecule is COc1ccc(F)c(CN2CCC[C@@]3(CCC(=O)N(C4CC4)C3)C2)c1. The Balaban J connectivity index is 1.46. The van der Waals surface area contributed by atoms with E-state index in [9.17, 15) is 9.18 Å². The van der Waals surface area contributed by atoms with E-state index in [1.807, 2.05) is 0 Å². The van der Waals surface area contributed by atoms with Crippen LogP contribution in [0.2, 0.25) is 0 Å². The Morgan fingerprint density at radius 1 is 1.28 bits per heavy atom. The van der Waals surface area contributed by atoms with Gasteiger partial charge < -0.3 is 9.64 Å². The molecule has 4 nitrogen and oxygen atoms in total. The molecule has 4 rings (SSSR count). The zero-order valence-electron chi connectivity index (χ0n) is 15.0. The van der Waals surface area contributed by atoms with Crippen LogP contribution in [0, 0.1) is 11.2 Å². The van der Waals surface area contributed by atoms with Crippen molar-refractivity contribution in [1.82, 2.24) is 9.80 Å². The summed E-state index contributed by atoms with van der Waals surface area (Å²) >= 11 is 0. The number of carbonyl (C=O) groups is 1. The van der Waals surface area contributed by atoms with E-state index < -0.39 is 0 Å². The maximum absolute atomic E-state index is 14.2. The first-order valence-corrected chi connectivity index (χ1v) is 9.43. The van der Waals surface area contributed by atoms with E-state index in [1.165, 1.54) is 25.3 Å². The summed E-state index contributed by atoms with van der Waals surface area (Å²) < 4.78 is 19.4. The minimum Gasteiger partial charge on any atom is -0.497 e. The number of methoxy groups -OCH3 is 1. The molecule has 0 aromatic heterocycles. The number of benzene rings is 1. The third-order valence-corrected chi connectivity index (χ3v) is 6.07. The van der Waals surface area contributed by atoms with Crippen LogP contribution in [0.4, 0.5) is 4.39 Å². The maximum Gasteiger partial charge on any atom is 0.222 e. The van der Waals surface area contributed by atoms with Crippen molar-refractivity contribution in [2.24, 2.45) is 5.41 Å². The molecule has 2 heterocycles. The van der Waals surface area contributed by atoms with E-state index in [2.05, 4.69) is 9.80 Å². The van der Waals surface area contributed by atoms with Crippen molar-refractivity contribution in [3.63, 3.8) is 0 Å². The first-order chi connectivity index (χ1) is 12.1. The van der Waals surface area contributed by atoms with Crippen LogP contribution < -0.4 is 4.74 Å². The molecule has 1 aromatic rings. The van der Waals surface area contributed by atoms with Gasteiger partial charge in [-0.2, -0.15) is 0 Å². The molecule has 5 heteroatoms. The van der Waals surface area contributed by atoms with Crippen LogP contribution in [0.1, 0.15) is 44.1 Å². The highest BCUT2D eigenvalue weighted by Crippen LogP contribution is 2.42. The fourth-order valence-corrected chi connectivity index (χ4v) is 4.58. The largest absolute Gasteiger partial charge is 0.497 e. The van der Waals surface area contributed by atoms with E-state index in [4.69, 9.17) is 4.74 Å². The minimum absolute atomic E-state index is 0.168. The molecule has 1 amide bonds. The van der Waals surface area contributed by atoms with Crippen LogP contribution in [0.25, 0.3) is 0 Å². The summed E-state index contributed by atoms with van der Waals surface area (Å²) in [7, 11) is 1.61. The Morgan fingerprint density at radius 3 is 2.88 bits per heavy atom. The monoisotopic (exact) mass is 346 g/mol. The number of likely N-dealkylation sites (tertiary alicyclic amines) is 2. The van der Waals surface area contributed by atoms with Crippen molar-refractivity contribution >= 4 is 5.91 Å². The summed E-state index contributed by atoms with van der Waals surface area (Å²) in [6, 6.07) is 5.45. The van der Waals surface area contributed by atoms with Gasteiger partial charge in [-0.3, -0.25) is 9.69 Å². The lowest BCUT2D eigenvalue weighted by molar-refractivity contribution is -0.140. The fourth-order valence-electron chi connectivity index (χ4n) is 4.58. The molecule has 1 aliphatic carbocycles. The molecule has 1 aromatic carbocycles. The zero-order chi connectivity index (χ0) is 17.4. The van der Waals surface area contributed by atoms with Crippen molar-refractivity contribution in [3.05, 3.63) is 29.6 Å². The predicted molar refractivity (Wildman–Crippen MR) is 93.9 cm³/mol. The van der Waals surface area contributed by atoms with Gasteiger partial charge in [0.2, 0.25) is 5.91 Å². The topological polar surface area (TPSA) is 32.8 Å². The Bertz CT molecular complexity index is 661. The second-order valence-corrected chi connectivity index (χ2v) is 8.02. The van der Waals surface area contributed by atoms with Crippen molar-refractivity contribution in [1.29, 1.82) is 0 Å². The van der Waals surface area contributed by atoms with Gasteiger partial charge in [-0.1, -0.05) is 0 Å². The van der Waals surface area contributed by atoms with Gasteiger partial charge in [0.1, 0.15) is 11.6 Å². The third kappa shape index (κ3) is 3.52. The number of nitrogens with zero attached hydrogens (tertiary/aromatic N) is 2. The zero-order valence-corrected chi connectivity index (χ0v) is 15.0. The first-order valence-electron chi connectivity index (χ1n) is 9.43. The van der Waals surface area contributed by atoms with Crippen molar-refractivity contribution < 1.29 is 13.9 Å². The molecule has 136 valence electrons. The second-order valence-electron chi connectivity index (χ2n) is 8.02. The second kappa shape index (κ2) is 6.60. The van der Waals surface area contributed by atoms with Crippen molar-refractivity contribution in [2.45, 2.75) is 51.1 Å². The molecule has 0 bridgehead atoms. The highest BCUT2D eigenvalue weighted by atomic mass is 19.1. The molecule has 2 aliphatic heterocycles. The van der Waals surface area contributed by atoms with Crippen LogP contribution in [0.15, 0.2) is 18.2 Å². The highest BCUT2D eigenvalue weighted by Gasteiger charge is 2.45. The number of hydrogen-bond acceptors (Lipinski definition) is 3. The minimum atomic E-state index is -0.168. The van der Waals surface area contributed by atoms with E-state index in [0.717, 1.165) is 32.5 Å². The Hall–Kier alpha value is -1.62. The summed E-state index contributed by atoms with van der Waals surface area (Å²) in [4.78, 5) is 16.7. The number of halogens is 1. The summed E-state index contributed by atoms with van der Waals surface area (Å²) in [5, 5.41) is 0. The van der Waals surface area contributed by atoms with E-state index in [-0.39, 0.29) is 11.2 Å². The maximum atomic E-state index is 14.2. The normalized spacial score (nSPS) is 27.8. The summed E-state index contributed by atoms with van der Waals surface area (Å²) in [5.74, 6) is 0.870. The number of piperidine rings is 2. The van der Waals surface area contributed by atoms with Crippen LogP contribution >= 0.6 is 0 Å². The lowest BCUT2D eigenvalue weighted by atomic mass is 9.73. The molecule has 0 N–H and O–H groups in total. The molecule has 0 unspecified atom stereocenters. The molecule has 1 saturated carbocycles. The summed E-state index contributed by atoms with van der Waals surface area (Å²) in [6.07, 6.45) is 6.30. The van der Waals surface area contributed by atoms with Gasteiger partial charge in [0.25, 0.3) is 0 Å². The summed E-state index contributed by atoms with van der Waals surface area (Å²) in [6.45, 7) is 3.46. The lowest BCUT2D eigenvalue weighted by Crippen LogP contribution is -2.54. The van der Waals surface area contributed by atoms with Crippen molar-refractivity contribution in [3.8, 4) is 5.75 Å². The van der Waals surface area contributed by atoms with E-state index in [1.54, 1.807) is 19.2 Å². The van der Waals surface area contributed by atoms with Crippen LogP contribution in [0.5, 0.6) is 5.75 Å². The molecule has 1 spiro atoms. The number of ether oxygens (including phenoxy) is 1. The van der Waals surface area contributed by atoms with Crippen LogP contribution in [0.3, 0.4) is 0 Å². The fraction of sp³-hybridized carbons (Fsp3) is 0.650. The average Bonchev–Trinajstić information content (AvgIpc) is 3.45. The lowest BCUT2D eigenvalue weighted by Gasteiger charge is -2.48. The number of carbonyl (C=O) groups excluding carboxylic acids is 1. The van der Waals surface area contributed by atoms with Gasteiger partial charge >= 0.3 is 0 Å². The number of amides is 1. The molecule has 3 aliphatic rings.